The third-order valence-electron chi connectivity index (χ3n) is 1.89. The van der Waals surface area contributed by atoms with Crippen molar-refractivity contribution >= 4 is 33.4 Å². The van der Waals surface area contributed by atoms with Crippen LogP contribution in [0, 0.1) is 0 Å². The Morgan fingerprint density at radius 3 is 1.50 bits per heavy atom. The van der Waals surface area contributed by atoms with E-state index in [9.17, 15) is 9.59 Å². The molecule has 0 spiro atoms. The maximum atomic E-state index is 11.1. The van der Waals surface area contributed by atoms with E-state index in [-0.39, 0.29) is 22.3 Å². The number of carbonyl (C=O) groups excluding carboxylic acids is 2. The van der Waals surface area contributed by atoms with Gasteiger partial charge in [0.25, 0.3) is 0 Å². The summed E-state index contributed by atoms with van der Waals surface area (Å²) in [6.45, 7) is 4.03. The summed E-state index contributed by atoms with van der Waals surface area (Å²) < 4.78 is 0. The average Bonchev–Trinajstić information content (AvgIpc) is 2.26. The Morgan fingerprint density at radius 1 is 0.938 bits per heavy atom. The number of rotatable bonds is 7. The molecule has 94 valence electrons. The highest BCUT2D eigenvalue weighted by atomic mass is 33.1. The normalized spacial score (nSPS) is 14.0. The minimum absolute atomic E-state index is 0.0551. The Balaban J connectivity index is 3.70. The van der Waals surface area contributed by atoms with E-state index in [2.05, 4.69) is 10.6 Å². The van der Waals surface area contributed by atoms with Crippen molar-refractivity contribution in [3.8, 4) is 0 Å². The number of carbonyl (C=O) groups is 2. The van der Waals surface area contributed by atoms with E-state index in [1.54, 1.807) is 35.7 Å². The van der Waals surface area contributed by atoms with Crippen molar-refractivity contribution in [1.29, 1.82) is 0 Å². The fourth-order valence-corrected chi connectivity index (χ4v) is 3.35. The molecule has 0 aromatic rings. The van der Waals surface area contributed by atoms with E-state index < -0.39 is 0 Å². The molecule has 2 N–H and O–H groups in total. The van der Waals surface area contributed by atoms with Gasteiger partial charge in [0.2, 0.25) is 11.8 Å². The fraction of sp³-hybridized carbons (Fsp3) is 0.800. The minimum Gasteiger partial charge on any atom is -0.359 e. The standard InChI is InChI=1S/C10H20N2O2S2/c1-7(5-9(13)11-3)15-16-8(2)6-10(14)12-4/h7-8H,5-6H2,1-4H3,(H,11,13)(H,12,14). The second-order valence-corrected chi connectivity index (χ2v) is 6.72. The van der Waals surface area contributed by atoms with Crippen molar-refractivity contribution < 1.29 is 9.59 Å². The van der Waals surface area contributed by atoms with E-state index in [0.29, 0.717) is 12.8 Å². The summed E-state index contributed by atoms with van der Waals surface area (Å²) in [5.74, 6) is 0.110. The largest absolute Gasteiger partial charge is 0.359 e. The van der Waals surface area contributed by atoms with Crippen LogP contribution < -0.4 is 10.6 Å². The molecular weight excluding hydrogens is 244 g/mol. The van der Waals surface area contributed by atoms with E-state index in [1.807, 2.05) is 13.8 Å². The highest BCUT2D eigenvalue weighted by Crippen LogP contribution is 2.33. The van der Waals surface area contributed by atoms with Gasteiger partial charge in [0.05, 0.1) is 0 Å². The zero-order valence-electron chi connectivity index (χ0n) is 10.2. The monoisotopic (exact) mass is 264 g/mol. The van der Waals surface area contributed by atoms with Crippen LogP contribution in [0.25, 0.3) is 0 Å². The van der Waals surface area contributed by atoms with Crippen LogP contribution in [0.15, 0.2) is 0 Å². The molecule has 0 aliphatic heterocycles. The second-order valence-electron chi connectivity index (χ2n) is 3.57. The molecule has 0 aromatic carbocycles. The Morgan fingerprint density at radius 2 is 1.25 bits per heavy atom. The van der Waals surface area contributed by atoms with Gasteiger partial charge in [0.15, 0.2) is 0 Å². The summed E-state index contributed by atoms with van der Waals surface area (Å²) in [4.78, 5) is 22.2. The van der Waals surface area contributed by atoms with E-state index in [0.717, 1.165) is 0 Å². The van der Waals surface area contributed by atoms with E-state index >= 15 is 0 Å². The molecule has 2 unspecified atom stereocenters. The average molecular weight is 264 g/mol. The molecular formula is C10H20N2O2S2. The zero-order valence-corrected chi connectivity index (χ0v) is 11.8. The number of hydrogen-bond donors (Lipinski definition) is 2. The number of amides is 2. The van der Waals surface area contributed by atoms with Crippen molar-refractivity contribution in [2.45, 2.75) is 37.2 Å². The Bertz CT molecular complexity index is 213. The number of nitrogens with one attached hydrogen (secondary N) is 2. The van der Waals surface area contributed by atoms with Gasteiger partial charge in [-0.1, -0.05) is 35.4 Å². The van der Waals surface area contributed by atoms with Gasteiger partial charge in [-0.25, -0.2) is 0 Å². The maximum Gasteiger partial charge on any atom is 0.220 e. The molecule has 0 aromatic heterocycles. The van der Waals surface area contributed by atoms with Gasteiger partial charge in [-0.15, -0.1) is 0 Å². The molecule has 0 fully saturated rings. The van der Waals surface area contributed by atoms with Crippen LogP contribution in [0.5, 0.6) is 0 Å². The molecule has 0 bridgehead atoms. The van der Waals surface area contributed by atoms with Gasteiger partial charge < -0.3 is 10.6 Å². The Hall–Kier alpha value is -0.360. The highest BCUT2D eigenvalue weighted by molar-refractivity contribution is 8.77. The summed E-state index contributed by atoms with van der Waals surface area (Å²) >= 11 is 0. The molecule has 6 heteroatoms. The molecule has 2 amide bonds. The lowest BCUT2D eigenvalue weighted by molar-refractivity contribution is -0.121. The van der Waals surface area contributed by atoms with Crippen LogP contribution in [-0.4, -0.2) is 36.4 Å². The summed E-state index contributed by atoms with van der Waals surface area (Å²) in [6.07, 6.45) is 1.03. The predicted molar refractivity (Wildman–Crippen MR) is 71.5 cm³/mol. The molecule has 0 saturated carbocycles. The molecule has 4 nitrogen and oxygen atoms in total. The van der Waals surface area contributed by atoms with Crippen LogP contribution in [0.1, 0.15) is 26.7 Å². The molecule has 0 radical (unpaired) electrons. The molecule has 16 heavy (non-hydrogen) atoms. The summed E-state index contributed by atoms with van der Waals surface area (Å²) in [6, 6.07) is 0. The van der Waals surface area contributed by atoms with Crippen molar-refractivity contribution in [2.75, 3.05) is 14.1 Å². The summed E-state index contributed by atoms with van der Waals surface area (Å²) in [7, 11) is 6.59. The van der Waals surface area contributed by atoms with Gasteiger partial charge in [0.1, 0.15) is 0 Å². The lowest BCUT2D eigenvalue weighted by Crippen LogP contribution is -2.22. The van der Waals surface area contributed by atoms with Crippen LogP contribution in [0.2, 0.25) is 0 Å². The van der Waals surface area contributed by atoms with Crippen LogP contribution in [0.4, 0.5) is 0 Å². The van der Waals surface area contributed by atoms with Gasteiger partial charge in [-0.05, 0) is 0 Å². The van der Waals surface area contributed by atoms with Gasteiger partial charge in [-0.3, -0.25) is 9.59 Å². The third kappa shape index (κ3) is 7.87. The SMILES string of the molecule is CNC(=O)CC(C)SSC(C)CC(=O)NC. The van der Waals surface area contributed by atoms with Gasteiger partial charge in [-0.2, -0.15) is 0 Å². The summed E-state index contributed by atoms with van der Waals surface area (Å²) in [5.41, 5.74) is 0. The lowest BCUT2D eigenvalue weighted by atomic mass is 10.3. The minimum atomic E-state index is 0.0551. The first kappa shape index (κ1) is 15.6. The number of hydrogen-bond acceptors (Lipinski definition) is 4. The molecule has 2 atom stereocenters. The van der Waals surface area contributed by atoms with Crippen molar-refractivity contribution in [2.24, 2.45) is 0 Å². The topological polar surface area (TPSA) is 58.2 Å². The first-order valence-electron chi connectivity index (χ1n) is 5.22. The van der Waals surface area contributed by atoms with E-state index in [4.69, 9.17) is 0 Å². The Labute approximate surface area is 105 Å². The van der Waals surface area contributed by atoms with Crippen LogP contribution >= 0.6 is 21.6 Å². The van der Waals surface area contributed by atoms with Crippen molar-refractivity contribution in [3.05, 3.63) is 0 Å². The first-order valence-corrected chi connectivity index (χ1v) is 7.50. The quantitative estimate of drug-likeness (QED) is 0.683. The second kappa shape index (κ2) is 8.75. The highest BCUT2D eigenvalue weighted by Gasteiger charge is 2.13. The third-order valence-corrected chi connectivity index (χ3v) is 5.29. The molecule has 0 aliphatic rings. The summed E-state index contributed by atoms with van der Waals surface area (Å²) in [5, 5.41) is 5.72. The van der Waals surface area contributed by atoms with Gasteiger partial charge >= 0.3 is 0 Å². The zero-order chi connectivity index (χ0) is 12.6. The predicted octanol–water partition coefficient (Wildman–Crippen LogP) is 1.42. The van der Waals surface area contributed by atoms with Crippen LogP contribution in [0.3, 0.4) is 0 Å². The smallest absolute Gasteiger partial charge is 0.220 e. The maximum absolute atomic E-state index is 11.1. The van der Waals surface area contributed by atoms with E-state index in [1.165, 1.54) is 0 Å². The Kier molecular flexibility index (Phi) is 8.56. The lowest BCUT2D eigenvalue weighted by Gasteiger charge is -2.13. The molecule has 0 saturated heterocycles. The van der Waals surface area contributed by atoms with Crippen molar-refractivity contribution in [1.82, 2.24) is 10.6 Å². The molecule has 0 rings (SSSR count). The first-order chi connectivity index (χ1) is 7.49. The fourth-order valence-electron chi connectivity index (χ4n) is 0.984. The van der Waals surface area contributed by atoms with Crippen molar-refractivity contribution in [3.63, 3.8) is 0 Å². The molecule has 0 heterocycles. The van der Waals surface area contributed by atoms with Crippen LogP contribution in [-0.2, 0) is 9.59 Å². The van der Waals surface area contributed by atoms with Gasteiger partial charge in [0, 0.05) is 37.4 Å². The molecule has 0 aliphatic carbocycles.